The molecule has 0 aliphatic heterocycles. The van der Waals surface area contributed by atoms with Gasteiger partial charge in [-0.1, -0.05) is 30.0 Å². The predicted molar refractivity (Wildman–Crippen MR) is 135 cm³/mol. The Kier molecular flexibility index (Phi) is 5.74. The molecule has 0 bridgehead atoms. The summed E-state index contributed by atoms with van der Waals surface area (Å²) in [4.78, 5) is 34.3. The zero-order valence-corrected chi connectivity index (χ0v) is 20.7. The summed E-state index contributed by atoms with van der Waals surface area (Å²) in [5.74, 6) is 0.583. The van der Waals surface area contributed by atoms with Crippen LogP contribution in [0.5, 0.6) is 0 Å². The number of aryl methyl sites for hydroxylation is 2. The van der Waals surface area contributed by atoms with Gasteiger partial charge >= 0.3 is 0 Å². The fourth-order valence-corrected chi connectivity index (χ4v) is 5.74. The van der Waals surface area contributed by atoms with Crippen molar-refractivity contribution in [2.24, 2.45) is 0 Å². The zero-order valence-electron chi connectivity index (χ0n) is 19.1. The van der Waals surface area contributed by atoms with Gasteiger partial charge in [0.1, 0.15) is 0 Å². The van der Waals surface area contributed by atoms with Crippen molar-refractivity contribution >= 4 is 50.6 Å². The number of carbonyl (C=O) groups is 1. The van der Waals surface area contributed by atoms with Gasteiger partial charge in [0.2, 0.25) is 11.7 Å². The fraction of sp³-hybridized carbons (Fsp3) is 0.261. The molecule has 5 rings (SSSR count). The van der Waals surface area contributed by atoms with Gasteiger partial charge in [-0.3, -0.25) is 23.0 Å². The first-order valence-electron chi connectivity index (χ1n) is 10.7. The van der Waals surface area contributed by atoms with Crippen LogP contribution in [0, 0.1) is 13.8 Å². The van der Waals surface area contributed by atoms with Gasteiger partial charge in [-0.05, 0) is 26.0 Å². The summed E-state index contributed by atoms with van der Waals surface area (Å²) < 4.78 is 5.43. The number of carbonyl (C=O) groups excluding carboxylic acids is 1. The van der Waals surface area contributed by atoms with E-state index < -0.39 is 0 Å². The van der Waals surface area contributed by atoms with Crippen LogP contribution in [0.4, 0.5) is 0 Å². The van der Waals surface area contributed by atoms with Gasteiger partial charge < -0.3 is 4.90 Å². The number of hydrogen-bond acceptors (Lipinski definition) is 7. The van der Waals surface area contributed by atoms with E-state index >= 15 is 0 Å². The Bertz CT molecular complexity index is 1630. The summed E-state index contributed by atoms with van der Waals surface area (Å²) in [5, 5.41) is 9.67. The van der Waals surface area contributed by atoms with Crippen molar-refractivity contribution in [3.8, 4) is 0 Å². The van der Waals surface area contributed by atoms with Crippen molar-refractivity contribution < 1.29 is 4.79 Å². The highest BCUT2D eigenvalue weighted by Gasteiger charge is 2.20. The van der Waals surface area contributed by atoms with Crippen LogP contribution in [0.15, 0.2) is 53.1 Å². The Balaban J connectivity index is 1.41. The molecular formula is C23H23N7O2S2. The molecule has 5 aromatic rings. The van der Waals surface area contributed by atoms with Gasteiger partial charge in [-0.15, -0.1) is 28.1 Å². The number of allylic oxidation sites excluding steroid dienone is 1. The minimum atomic E-state index is -0.145. The van der Waals surface area contributed by atoms with E-state index in [4.69, 9.17) is 0 Å². The summed E-state index contributed by atoms with van der Waals surface area (Å²) >= 11 is 2.94. The van der Waals surface area contributed by atoms with Crippen LogP contribution in [0.2, 0.25) is 0 Å². The van der Waals surface area contributed by atoms with E-state index in [1.54, 1.807) is 35.4 Å². The lowest BCUT2D eigenvalue weighted by atomic mass is 10.2. The number of benzene rings is 1. The number of para-hydroxylation sites is 1. The Morgan fingerprint density at radius 3 is 2.85 bits per heavy atom. The molecule has 34 heavy (non-hydrogen) atoms. The van der Waals surface area contributed by atoms with Gasteiger partial charge in [0.05, 0.1) is 34.6 Å². The largest absolute Gasteiger partial charge is 0.339 e. The Morgan fingerprint density at radius 2 is 2.06 bits per heavy atom. The first kappa shape index (κ1) is 22.4. The lowest BCUT2D eigenvalue weighted by Gasteiger charge is -2.17. The smallest absolute Gasteiger partial charge is 0.263 e. The number of imidazole rings is 1. The third kappa shape index (κ3) is 3.70. The normalized spacial score (nSPS) is 11.6. The number of aromatic nitrogens is 6. The molecule has 174 valence electrons. The van der Waals surface area contributed by atoms with E-state index in [1.807, 2.05) is 36.4 Å². The molecule has 0 radical (unpaired) electrons. The van der Waals surface area contributed by atoms with E-state index in [-0.39, 0.29) is 17.2 Å². The predicted octanol–water partition coefficient (Wildman–Crippen LogP) is 3.31. The van der Waals surface area contributed by atoms with Crippen LogP contribution in [0.1, 0.15) is 16.3 Å². The SMILES string of the molecule is C=CCn1c(=O)c2ccccc2n2c(SCC(=O)N(C)Cc3c(C)nc4sc(C)cn34)nnc12. The van der Waals surface area contributed by atoms with Crippen LogP contribution in [-0.2, 0) is 17.9 Å². The molecule has 0 unspecified atom stereocenters. The summed E-state index contributed by atoms with van der Waals surface area (Å²) in [6.45, 7) is 8.54. The topological polar surface area (TPSA) is 89.8 Å². The van der Waals surface area contributed by atoms with E-state index in [2.05, 4.69) is 32.4 Å². The number of thiazole rings is 1. The van der Waals surface area contributed by atoms with Gasteiger partial charge in [0.15, 0.2) is 10.1 Å². The number of hydrogen-bond donors (Lipinski definition) is 0. The molecule has 1 aromatic carbocycles. The highest BCUT2D eigenvalue weighted by atomic mass is 32.2. The number of nitrogens with zero attached hydrogens (tertiary/aromatic N) is 7. The maximum absolute atomic E-state index is 13.0. The fourth-order valence-electron chi connectivity index (χ4n) is 3.97. The maximum Gasteiger partial charge on any atom is 0.263 e. The summed E-state index contributed by atoms with van der Waals surface area (Å²) in [6.07, 6.45) is 3.71. The third-order valence-electron chi connectivity index (χ3n) is 5.67. The first-order chi connectivity index (χ1) is 16.4. The van der Waals surface area contributed by atoms with Crippen molar-refractivity contribution in [1.82, 2.24) is 33.4 Å². The Morgan fingerprint density at radius 1 is 1.26 bits per heavy atom. The Hall–Kier alpha value is -3.44. The molecule has 0 fully saturated rings. The number of rotatable bonds is 7. The summed E-state index contributed by atoms with van der Waals surface area (Å²) in [7, 11) is 1.79. The molecule has 9 nitrogen and oxygen atoms in total. The van der Waals surface area contributed by atoms with Gasteiger partial charge in [0, 0.05) is 24.7 Å². The minimum absolute atomic E-state index is 0.0354. The van der Waals surface area contributed by atoms with Crippen LogP contribution in [0.25, 0.3) is 21.6 Å². The Labute approximate surface area is 203 Å². The van der Waals surface area contributed by atoms with Crippen molar-refractivity contribution in [3.05, 3.63) is 69.7 Å². The second kappa shape index (κ2) is 8.73. The molecule has 0 spiro atoms. The third-order valence-corrected chi connectivity index (χ3v) is 7.48. The molecule has 0 saturated heterocycles. The summed E-state index contributed by atoms with van der Waals surface area (Å²) in [6, 6.07) is 7.34. The van der Waals surface area contributed by atoms with Crippen molar-refractivity contribution in [2.45, 2.75) is 32.1 Å². The van der Waals surface area contributed by atoms with Gasteiger partial charge in [-0.25, -0.2) is 4.98 Å². The monoisotopic (exact) mass is 493 g/mol. The van der Waals surface area contributed by atoms with Crippen LogP contribution in [-0.4, -0.2) is 52.2 Å². The van der Waals surface area contributed by atoms with E-state index in [0.29, 0.717) is 34.9 Å². The molecule has 1 amide bonds. The van der Waals surface area contributed by atoms with Crippen molar-refractivity contribution in [3.63, 3.8) is 0 Å². The molecule has 0 atom stereocenters. The van der Waals surface area contributed by atoms with Crippen LogP contribution < -0.4 is 5.56 Å². The highest BCUT2D eigenvalue weighted by molar-refractivity contribution is 7.99. The first-order valence-corrected chi connectivity index (χ1v) is 12.5. The number of amides is 1. The molecule has 4 heterocycles. The zero-order chi connectivity index (χ0) is 24.0. The highest BCUT2D eigenvalue weighted by Crippen LogP contribution is 2.24. The van der Waals surface area contributed by atoms with Crippen molar-refractivity contribution in [2.75, 3.05) is 12.8 Å². The van der Waals surface area contributed by atoms with Crippen molar-refractivity contribution in [1.29, 1.82) is 0 Å². The maximum atomic E-state index is 13.0. The molecule has 0 saturated carbocycles. The second-order valence-corrected chi connectivity index (χ2v) is 10.2. The van der Waals surface area contributed by atoms with E-state index in [1.165, 1.54) is 21.2 Å². The van der Waals surface area contributed by atoms with E-state index in [9.17, 15) is 9.59 Å². The van der Waals surface area contributed by atoms with Crippen LogP contribution in [0.3, 0.4) is 0 Å². The molecule has 0 aliphatic rings. The van der Waals surface area contributed by atoms with Crippen LogP contribution >= 0.6 is 23.1 Å². The average molecular weight is 494 g/mol. The minimum Gasteiger partial charge on any atom is -0.339 e. The van der Waals surface area contributed by atoms with E-state index in [0.717, 1.165) is 16.3 Å². The van der Waals surface area contributed by atoms with Gasteiger partial charge in [-0.2, -0.15) is 0 Å². The lowest BCUT2D eigenvalue weighted by Crippen LogP contribution is -2.28. The number of fused-ring (bicyclic) bond motifs is 4. The van der Waals surface area contributed by atoms with Gasteiger partial charge in [0.25, 0.3) is 5.56 Å². The average Bonchev–Trinajstić information content (AvgIpc) is 3.48. The lowest BCUT2D eigenvalue weighted by molar-refractivity contribution is -0.127. The standard InChI is InChI=1S/C23H23N7O2S2/c1-5-10-28-20(32)16-8-6-7-9-17(16)30-21(28)25-26-23(30)33-13-19(31)27(4)12-18-15(3)24-22-29(18)11-14(2)34-22/h5-9,11H,1,10,12-13H2,2-4H3. The molecule has 4 aromatic heterocycles. The molecule has 0 aliphatic carbocycles. The molecule has 11 heteroatoms. The molecule has 0 N–H and O–H groups in total. The quantitative estimate of drug-likeness (QED) is 0.255. The number of thioether (sulfide) groups is 1. The second-order valence-electron chi connectivity index (χ2n) is 8.02. The summed E-state index contributed by atoms with van der Waals surface area (Å²) in [5.41, 5.74) is 2.50. The molecular weight excluding hydrogens is 470 g/mol.